The summed E-state index contributed by atoms with van der Waals surface area (Å²) in [7, 11) is 0. The van der Waals surface area contributed by atoms with E-state index in [0.717, 1.165) is 12.1 Å². The third kappa shape index (κ3) is 1.86. The summed E-state index contributed by atoms with van der Waals surface area (Å²) in [5.41, 5.74) is 6.04. The molecular weight excluding hydrogens is 244 g/mol. The molecule has 2 nitrogen and oxygen atoms in total. The van der Waals surface area contributed by atoms with Crippen LogP contribution in [0.2, 0.25) is 0 Å². The molecule has 0 radical (unpaired) electrons. The predicted octanol–water partition coefficient (Wildman–Crippen LogP) is 3.95. The molecule has 0 amide bonds. The summed E-state index contributed by atoms with van der Waals surface area (Å²) in [6.45, 7) is 0. The van der Waals surface area contributed by atoms with Gasteiger partial charge in [-0.2, -0.15) is 5.10 Å². The van der Waals surface area contributed by atoms with Gasteiger partial charge < -0.3 is 0 Å². The third-order valence-electron chi connectivity index (χ3n) is 3.64. The summed E-state index contributed by atoms with van der Waals surface area (Å²) in [5, 5.41) is 4.68. The summed E-state index contributed by atoms with van der Waals surface area (Å²) in [6, 6.07) is 20.9. The number of rotatable bonds is 2. The molecule has 96 valence electrons. The SMILES string of the molecule is C(=Cc1cc2n(n1)-c1ccccc1C2)c1ccccc1. The zero-order chi connectivity index (χ0) is 13.4. The van der Waals surface area contributed by atoms with Gasteiger partial charge in [0.05, 0.1) is 11.4 Å². The molecule has 0 unspecified atom stereocenters. The maximum Gasteiger partial charge on any atom is 0.0858 e. The highest BCUT2D eigenvalue weighted by atomic mass is 15.3. The second-order valence-electron chi connectivity index (χ2n) is 5.02. The Morgan fingerprint density at radius 2 is 1.70 bits per heavy atom. The Balaban J connectivity index is 1.67. The first-order valence-corrected chi connectivity index (χ1v) is 6.80. The van der Waals surface area contributed by atoms with E-state index in [1.807, 2.05) is 18.2 Å². The molecule has 1 aromatic heterocycles. The lowest BCUT2D eigenvalue weighted by atomic mass is 10.1. The highest BCUT2D eigenvalue weighted by Crippen LogP contribution is 2.27. The Bertz CT molecular complexity index is 782. The van der Waals surface area contributed by atoms with Crippen LogP contribution in [0.1, 0.15) is 22.5 Å². The van der Waals surface area contributed by atoms with E-state index >= 15 is 0 Å². The minimum absolute atomic E-state index is 0.975. The first-order valence-electron chi connectivity index (χ1n) is 6.80. The molecule has 0 atom stereocenters. The van der Waals surface area contributed by atoms with Crippen molar-refractivity contribution < 1.29 is 0 Å². The molecule has 0 N–H and O–H groups in total. The van der Waals surface area contributed by atoms with Crippen molar-refractivity contribution in [1.82, 2.24) is 9.78 Å². The summed E-state index contributed by atoms with van der Waals surface area (Å²) < 4.78 is 2.06. The molecule has 0 saturated heterocycles. The van der Waals surface area contributed by atoms with Crippen LogP contribution in [-0.2, 0) is 6.42 Å². The molecule has 0 bridgehead atoms. The van der Waals surface area contributed by atoms with E-state index < -0.39 is 0 Å². The average molecular weight is 258 g/mol. The normalized spacial score (nSPS) is 12.6. The molecule has 20 heavy (non-hydrogen) atoms. The van der Waals surface area contributed by atoms with Crippen LogP contribution in [0, 0.1) is 0 Å². The molecular formula is C18H14N2. The Morgan fingerprint density at radius 1 is 0.900 bits per heavy atom. The van der Waals surface area contributed by atoms with Crippen molar-refractivity contribution in [3.63, 3.8) is 0 Å². The summed E-state index contributed by atoms with van der Waals surface area (Å²) >= 11 is 0. The highest BCUT2D eigenvalue weighted by molar-refractivity contribution is 5.68. The maximum atomic E-state index is 4.68. The topological polar surface area (TPSA) is 17.8 Å². The zero-order valence-electron chi connectivity index (χ0n) is 11.0. The van der Waals surface area contributed by atoms with Crippen molar-refractivity contribution >= 4 is 12.2 Å². The Morgan fingerprint density at radius 3 is 2.60 bits per heavy atom. The zero-order valence-corrected chi connectivity index (χ0v) is 11.0. The molecule has 2 aromatic carbocycles. The number of para-hydroxylation sites is 1. The third-order valence-corrected chi connectivity index (χ3v) is 3.64. The van der Waals surface area contributed by atoms with Crippen molar-refractivity contribution in [2.24, 2.45) is 0 Å². The lowest BCUT2D eigenvalue weighted by molar-refractivity contribution is 0.866. The van der Waals surface area contributed by atoms with E-state index in [1.165, 1.54) is 22.5 Å². The van der Waals surface area contributed by atoms with Crippen molar-refractivity contribution in [1.29, 1.82) is 0 Å². The fraction of sp³-hybridized carbons (Fsp3) is 0.0556. The minimum Gasteiger partial charge on any atom is -0.237 e. The van der Waals surface area contributed by atoms with Crippen LogP contribution < -0.4 is 0 Å². The molecule has 4 rings (SSSR count). The molecule has 0 spiro atoms. The molecule has 2 heterocycles. The van der Waals surface area contributed by atoms with Crippen LogP contribution in [0.5, 0.6) is 0 Å². The van der Waals surface area contributed by atoms with Crippen LogP contribution in [0.3, 0.4) is 0 Å². The van der Waals surface area contributed by atoms with Gasteiger partial charge in [-0.1, -0.05) is 54.6 Å². The van der Waals surface area contributed by atoms with Crippen LogP contribution in [0.25, 0.3) is 17.8 Å². The second kappa shape index (κ2) is 4.49. The predicted molar refractivity (Wildman–Crippen MR) is 81.7 cm³/mol. The number of hydrogen-bond donors (Lipinski definition) is 0. The minimum atomic E-state index is 0.975. The van der Waals surface area contributed by atoms with Crippen molar-refractivity contribution in [3.05, 3.63) is 83.2 Å². The van der Waals surface area contributed by atoms with E-state index in [-0.39, 0.29) is 0 Å². The fourth-order valence-corrected chi connectivity index (χ4v) is 2.66. The lowest BCUT2D eigenvalue weighted by Gasteiger charge is -1.99. The average Bonchev–Trinajstić information content (AvgIpc) is 3.03. The van der Waals surface area contributed by atoms with Crippen LogP contribution >= 0.6 is 0 Å². The molecule has 3 aromatic rings. The highest BCUT2D eigenvalue weighted by Gasteiger charge is 2.18. The van der Waals surface area contributed by atoms with Gasteiger partial charge in [0.15, 0.2) is 0 Å². The van der Waals surface area contributed by atoms with E-state index in [2.05, 4.69) is 64.4 Å². The second-order valence-corrected chi connectivity index (χ2v) is 5.02. The van der Waals surface area contributed by atoms with Gasteiger partial charge in [0.2, 0.25) is 0 Å². The largest absolute Gasteiger partial charge is 0.237 e. The van der Waals surface area contributed by atoms with E-state index in [4.69, 9.17) is 0 Å². The van der Waals surface area contributed by atoms with Gasteiger partial charge in [0, 0.05) is 12.1 Å². The number of benzene rings is 2. The number of nitrogens with zero attached hydrogens (tertiary/aromatic N) is 2. The van der Waals surface area contributed by atoms with Crippen molar-refractivity contribution in [2.75, 3.05) is 0 Å². The van der Waals surface area contributed by atoms with E-state index in [0.29, 0.717) is 0 Å². The maximum absolute atomic E-state index is 4.68. The first kappa shape index (κ1) is 11.2. The lowest BCUT2D eigenvalue weighted by Crippen LogP contribution is -1.93. The van der Waals surface area contributed by atoms with Gasteiger partial charge in [0.1, 0.15) is 0 Å². The van der Waals surface area contributed by atoms with Gasteiger partial charge >= 0.3 is 0 Å². The molecule has 2 heteroatoms. The van der Waals surface area contributed by atoms with Crippen molar-refractivity contribution in [3.8, 4) is 5.69 Å². The van der Waals surface area contributed by atoms with Gasteiger partial charge in [0.25, 0.3) is 0 Å². The number of hydrogen-bond acceptors (Lipinski definition) is 1. The van der Waals surface area contributed by atoms with E-state index in [9.17, 15) is 0 Å². The molecule has 1 aliphatic rings. The number of fused-ring (bicyclic) bond motifs is 3. The van der Waals surface area contributed by atoms with Crippen LogP contribution in [-0.4, -0.2) is 9.78 Å². The van der Waals surface area contributed by atoms with Crippen molar-refractivity contribution in [2.45, 2.75) is 6.42 Å². The summed E-state index contributed by atoms with van der Waals surface area (Å²) in [4.78, 5) is 0. The summed E-state index contributed by atoms with van der Waals surface area (Å²) in [6.07, 6.45) is 5.15. The fourth-order valence-electron chi connectivity index (χ4n) is 2.66. The number of aromatic nitrogens is 2. The van der Waals surface area contributed by atoms with Crippen LogP contribution in [0.15, 0.2) is 60.7 Å². The molecule has 1 aliphatic heterocycles. The van der Waals surface area contributed by atoms with Gasteiger partial charge in [-0.3, -0.25) is 0 Å². The quantitative estimate of drug-likeness (QED) is 0.532. The standard InChI is InChI=1S/C18H14N2/c1-2-6-14(7-3-1)10-11-16-13-17-12-15-8-4-5-9-18(15)20(17)19-16/h1-11,13H,12H2. The first-order chi connectivity index (χ1) is 9.90. The Labute approximate surface area is 118 Å². The van der Waals surface area contributed by atoms with Gasteiger partial charge in [-0.05, 0) is 29.3 Å². The monoisotopic (exact) mass is 258 g/mol. The van der Waals surface area contributed by atoms with Gasteiger partial charge in [-0.25, -0.2) is 4.68 Å². The Hall–Kier alpha value is -2.61. The van der Waals surface area contributed by atoms with Gasteiger partial charge in [-0.15, -0.1) is 0 Å². The molecule has 0 fully saturated rings. The van der Waals surface area contributed by atoms with E-state index in [1.54, 1.807) is 0 Å². The smallest absolute Gasteiger partial charge is 0.0858 e. The summed E-state index contributed by atoms with van der Waals surface area (Å²) in [5.74, 6) is 0. The molecule has 0 saturated carbocycles. The van der Waals surface area contributed by atoms with Crippen LogP contribution in [0.4, 0.5) is 0 Å². The molecule has 0 aliphatic carbocycles. The Kier molecular flexibility index (Phi) is 2.52.